The smallest absolute Gasteiger partial charge is 0.0522 e. The van der Waals surface area contributed by atoms with Crippen molar-refractivity contribution in [2.45, 2.75) is 31.6 Å². The lowest BCUT2D eigenvalue weighted by Crippen LogP contribution is -2.39. The largest absolute Gasteiger partial charge is 0.317 e. The summed E-state index contributed by atoms with van der Waals surface area (Å²) >= 11 is 0. The third kappa shape index (κ3) is 3.94. The number of piperidine rings is 2. The Hall–Kier alpha value is -0.580. The van der Waals surface area contributed by atoms with E-state index in [2.05, 4.69) is 26.6 Å². The molecule has 0 saturated carbocycles. The van der Waals surface area contributed by atoms with E-state index in [1.807, 2.05) is 6.20 Å². The van der Waals surface area contributed by atoms with Gasteiger partial charge in [0.15, 0.2) is 0 Å². The van der Waals surface area contributed by atoms with Gasteiger partial charge in [0.2, 0.25) is 0 Å². The Balaban J connectivity index is 0.00000133. The van der Waals surface area contributed by atoms with Crippen LogP contribution >= 0.6 is 12.4 Å². The molecule has 1 aromatic heterocycles. The van der Waals surface area contributed by atoms with Crippen molar-refractivity contribution in [2.24, 2.45) is 5.92 Å². The summed E-state index contributed by atoms with van der Waals surface area (Å²) in [5.74, 6) is 1.66. The fraction of sp³-hybridized carbons (Fsp3) is 0.786. The first-order chi connectivity index (χ1) is 8.92. The predicted octanol–water partition coefficient (Wildman–Crippen LogP) is 2.01. The summed E-state index contributed by atoms with van der Waals surface area (Å²) in [6.45, 7) is 6.28. The molecule has 19 heavy (non-hydrogen) atoms. The Morgan fingerprint density at radius 3 is 2.53 bits per heavy atom. The third-order valence-electron chi connectivity index (χ3n) is 4.55. The second kappa shape index (κ2) is 7.27. The highest BCUT2D eigenvalue weighted by atomic mass is 35.5. The molecule has 2 N–H and O–H groups in total. The molecule has 4 nitrogen and oxygen atoms in total. The van der Waals surface area contributed by atoms with Crippen LogP contribution in [0.15, 0.2) is 12.4 Å². The Bertz CT molecular complexity index is 340. The summed E-state index contributed by atoms with van der Waals surface area (Å²) in [6.07, 6.45) is 9.37. The summed E-state index contributed by atoms with van der Waals surface area (Å²) in [5, 5.41) is 10.4. The molecule has 5 heteroatoms. The van der Waals surface area contributed by atoms with Gasteiger partial charge in [0, 0.05) is 12.7 Å². The number of aromatic nitrogens is 2. The zero-order valence-electron chi connectivity index (χ0n) is 11.5. The topological polar surface area (TPSA) is 44.0 Å². The Labute approximate surface area is 121 Å². The Morgan fingerprint density at radius 2 is 1.89 bits per heavy atom. The summed E-state index contributed by atoms with van der Waals surface area (Å²) in [4.78, 5) is 2.67. The molecule has 0 aromatic carbocycles. The van der Waals surface area contributed by atoms with Gasteiger partial charge in [0.25, 0.3) is 0 Å². The predicted molar refractivity (Wildman–Crippen MR) is 79.8 cm³/mol. The first-order valence-corrected chi connectivity index (χ1v) is 7.33. The number of aromatic amines is 1. The van der Waals surface area contributed by atoms with E-state index in [-0.39, 0.29) is 12.4 Å². The quantitative estimate of drug-likeness (QED) is 0.892. The van der Waals surface area contributed by atoms with Crippen molar-refractivity contribution in [2.75, 3.05) is 32.7 Å². The molecule has 2 fully saturated rings. The molecular formula is C14H25ClN4. The minimum Gasteiger partial charge on any atom is -0.317 e. The van der Waals surface area contributed by atoms with Crippen LogP contribution in [0.5, 0.6) is 0 Å². The molecule has 0 spiro atoms. The molecule has 2 aliphatic heterocycles. The number of halogens is 1. The molecule has 0 amide bonds. The highest BCUT2D eigenvalue weighted by Gasteiger charge is 2.23. The van der Waals surface area contributed by atoms with Gasteiger partial charge in [-0.2, -0.15) is 5.10 Å². The maximum Gasteiger partial charge on any atom is 0.0522 e. The second-order valence-corrected chi connectivity index (χ2v) is 5.80. The fourth-order valence-electron chi connectivity index (χ4n) is 3.36. The standard InChI is InChI=1S/C14H24N4.ClH/c1-5-15-6-2-12(1)11-18-7-3-13(4-8-18)14-9-16-17-10-14;/h9-10,12-13,15H,1-8,11H2,(H,16,17);1H. The SMILES string of the molecule is Cl.c1n[nH]cc1C1CCN(CC2CCNCC2)CC1. The minimum absolute atomic E-state index is 0. The van der Waals surface area contributed by atoms with Gasteiger partial charge in [0.1, 0.15) is 0 Å². The summed E-state index contributed by atoms with van der Waals surface area (Å²) in [7, 11) is 0. The van der Waals surface area contributed by atoms with E-state index < -0.39 is 0 Å². The molecule has 2 aliphatic rings. The van der Waals surface area contributed by atoms with Gasteiger partial charge in [0.05, 0.1) is 6.20 Å². The van der Waals surface area contributed by atoms with Crippen molar-refractivity contribution < 1.29 is 0 Å². The first kappa shape index (κ1) is 14.8. The average Bonchev–Trinajstić information content (AvgIpc) is 2.95. The van der Waals surface area contributed by atoms with Crippen molar-refractivity contribution in [3.05, 3.63) is 18.0 Å². The number of nitrogens with zero attached hydrogens (tertiary/aromatic N) is 2. The van der Waals surface area contributed by atoms with Crippen molar-refractivity contribution in [3.63, 3.8) is 0 Å². The molecule has 0 radical (unpaired) electrons. The van der Waals surface area contributed by atoms with Crippen LogP contribution in [0, 0.1) is 5.92 Å². The van der Waals surface area contributed by atoms with Gasteiger partial charge in [-0.1, -0.05) is 0 Å². The van der Waals surface area contributed by atoms with Crippen molar-refractivity contribution >= 4 is 12.4 Å². The van der Waals surface area contributed by atoms with Gasteiger partial charge in [-0.3, -0.25) is 5.10 Å². The van der Waals surface area contributed by atoms with Crippen LogP contribution in [0.2, 0.25) is 0 Å². The maximum atomic E-state index is 4.06. The van der Waals surface area contributed by atoms with Crippen LogP contribution in [0.1, 0.15) is 37.2 Å². The molecule has 0 atom stereocenters. The van der Waals surface area contributed by atoms with E-state index in [1.165, 1.54) is 64.0 Å². The average molecular weight is 285 g/mol. The van der Waals surface area contributed by atoms with Gasteiger partial charge >= 0.3 is 0 Å². The molecule has 2 saturated heterocycles. The number of hydrogen-bond donors (Lipinski definition) is 2. The minimum atomic E-state index is 0. The lowest BCUT2D eigenvalue weighted by molar-refractivity contribution is 0.167. The molecule has 3 heterocycles. The third-order valence-corrected chi connectivity index (χ3v) is 4.55. The van der Waals surface area contributed by atoms with Gasteiger partial charge in [-0.15, -0.1) is 12.4 Å². The highest BCUT2D eigenvalue weighted by Crippen LogP contribution is 2.28. The summed E-state index contributed by atoms with van der Waals surface area (Å²) in [5.41, 5.74) is 1.40. The van der Waals surface area contributed by atoms with Crippen molar-refractivity contribution in [1.82, 2.24) is 20.4 Å². The molecule has 0 bridgehead atoms. The molecule has 108 valence electrons. The van der Waals surface area contributed by atoms with Crippen LogP contribution in [-0.2, 0) is 0 Å². The van der Waals surface area contributed by atoms with Gasteiger partial charge in [-0.05, 0) is 69.3 Å². The van der Waals surface area contributed by atoms with Gasteiger partial charge in [-0.25, -0.2) is 0 Å². The number of likely N-dealkylation sites (tertiary alicyclic amines) is 1. The van der Waals surface area contributed by atoms with E-state index >= 15 is 0 Å². The van der Waals surface area contributed by atoms with E-state index in [0.29, 0.717) is 0 Å². The first-order valence-electron chi connectivity index (χ1n) is 7.33. The van der Waals surface area contributed by atoms with E-state index in [1.54, 1.807) is 0 Å². The summed E-state index contributed by atoms with van der Waals surface area (Å²) in [6, 6.07) is 0. The zero-order valence-corrected chi connectivity index (χ0v) is 12.3. The van der Waals surface area contributed by atoms with E-state index in [4.69, 9.17) is 0 Å². The van der Waals surface area contributed by atoms with Crippen LogP contribution in [0.3, 0.4) is 0 Å². The molecule has 3 rings (SSSR count). The number of H-pyrrole nitrogens is 1. The second-order valence-electron chi connectivity index (χ2n) is 5.80. The fourth-order valence-corrected chi connectivity index (χ4v) is 3.36. The molecular weight excluding hydrogens is 260 g/mol. The van der Waals surface area contributed by atoms with E-state index in [0.717, 1.165) is 11.8 Å². The maximum absolute atomic E-state index is 4.06. The van der Waals surface area contributed by atoms with Crippen molar-refractivity contribution in [1.29, 1.82) is 0 Å². The highest BCUT2D eigenvalue weighted by molar-refractivity contribution is 5.85. The van der Waals surface area contributed by atoms with Crippen molar-refractivity contribution in [3.8, 4) is 0 Å². The number of nitrogens with one attached hydrogen (secondary N) is 2. The summed E-state index contributed by atoms with van der Waals surface area (Å²) < 4.78 is 0. The van der Waals surface area contributed by atoms with Crippen LogP contribution < -0.4 is 5.32 Å². The lowest BCUT2D eigenvalue weighted by atomic mass is 9.90. The molecule has 0 unspecified atom stereocenters. The van der Waals surface area contributed by atoms with E-state index in [9.17, 15) is 0 Å². The van der Waals surface area contributed by atoms with Crippen LogP contribution in [0.4, 0.5) is 0 Å². The normalized spacial score (nSPS) is 23.2. The Kier molecular flexibility index (Phi) is 5.67. The number of rotatable bonds is 3. The monoisotopic (exact) mass is 284 g/mol. The van der Waals surface area contributed by atoms with Crippen LogP contribution in [0.25, 0.3) is 0 Å². The zero-order chi connectivity index (χ0) is 12.2. The Morgan fingerprint density at radius 1 is 1.16 bits per heavy atom. The van der Waals surface area contributed by atoms with Gasteiger partial charge < -0.3 is 10.2 Å². The number of hydrogen-bond acceptors (Lipinski definition) is 3. The van der Waals surface area contributed by atoms with Crippen LogP contribution in [-0.4, -0.2) is 47.8 Å². The lowest BCUT2D eigenvalue weighted by Gasteiger charge is -2.35. The molecule has 1 aromatic rings. The molecule has 0 aliphatic carbocycles.